The molecule has 0 amide bonds. The highest BCUT2D eigenvalue weighted by atomic mass is 32.2. The molecule has 12 heteroatoms. The Labute approximate surface area is 212 Å². The van der Waals surface area contributed by atoms with E-state index in [1.807, 2.05) is 0 Å². The van der Waals surface area contributed by atoms with Crippen LogP contribution < -0.4 is 14.2 Å². The van der Waals surface area contributed by atoms with Gasteiger partial charge in [0, 0.05) is 23.1 Å². The maximum atomic E-state index is 14.4. The summed E-state index contributed by atoms with van der Waals surface area (Å²) in [6.07, 6.45) is 0.862. The molecular weight excluding hydrogens is 511 g/mol. The normalized spacial score (nSPS) is 11.1. The molecule has 1 aromatic heterocycles. The van der Waals surface area contributed by atoms with Crippen molar-refractivity contribution in [1.82, 2.24) is 4.98 Å². The number of sulfonamides is 1. The van der Waals surface area contributed by atoms with Crippen LogP contribution in [-0.4, -0.2) is 45.1 Å². The van der Waals surface area contributed by atoms with E-state index in [2.05, 4.69) is 9.71 Å². The van der Waals surface area contributed by atoms with Crippen LogP contribution in [0, 0.1) is 5.82 Å². The molecule has 0 aliphatic carbocycles. The first-order valence-corrected chi connectivity index (χ1v) is 13.6. The summed E-state index contributed by atoms with van der Waals surface area (Å²) >= 11 is 1.24. The van der Waals surface area contributed by atoms with Gasteiger partial charge in [0.1, 0.15) is 16.5 Å². The summed E-state index contributed by atoms with van der Waals surface area (Å²) in [5.41, 5.74) is 1.07. The number of rotatable bonds is 12. The number of Topliss-reactive ketones (excluding diaryl/α,β-unsaturated/α-hetero) is 1. The first-order valence-electron chi connectivity index (χ1n) is 10.8. The second kappa shape index (κ2) is 12.0. The summed E-state index contributed by atoms with van der Waals surface area (Å²) in [4.78, 5) is 28.9. The topological polar surface area (TPSA) is 121 Å². The van der Waals surface area contributed by atoms with Gasteiger partial charge in [-0.3, -0.25) is 14.3 Å². The van der Waals surface area contributed by atoms with E-state index < -0.39 is 21.8 Å². The van der Waals surface area contributed by atoms with Gasteiger partial charge in [0.25, 0.3) is 0 Å². The third kappa shape index (κ3) is 7.75. The van der Waals surface area contributed by atoms with Gasteiger partial charge in [-0.2, -0.15) is 0 Å². The average Bonchev–Trinajstić information content (AvgIpc) is 3.21. The van der Waals surface area contributed by atoms with Crippen molar-refractivity contribution in [3.05, 3.63) is 63.9 Å². The number of esters is 1. The van der Waals surface area contributed by atoms with Crippen LogP contribution in [0.3, 0.4) is 0 Å². The number of aromatic nitrogens is 1. The highest BCUT2D eigenvalue weighted by Gasteiger charge is 2.18. The van der Waals surface area contributed by atoms with Crippen LogP contribution in [0.25, 0.3) is 0 Å². The van der Waals surface area contributed by atoms with Crippen molar-refractivity contribution in [2.45, 2.75) is 26.2 Å². The Morgan fingerprint density at radius 1 is 1.11 bits per heavy atom. The number of methoxy groups -OCH3 is 1. The van der Waals surface area contributed by atoms with Crippen molar-refractivity contribution in [2.24, 2.45) is 0 Å². The summed E-state index contributed by atoms with van der Waals surface area (Å²) in [6.45, 7) is 1.98. The predicted molar refractivity (Wildman–Crippen MR) is 133 cm³/mol. The van der Waals surface area contributed by atoms with E-state index in [1.54, 1.807) is 12.3 Å². The molecule has 3 rings (SSSR count). The van der Waals surface area contributed by atoms with Crippen LogP contribution >= 0.6 is 11.3 Å². The minimum atomic E-state index is -3.57. The zero-order valence-electron chi connectivity index (χ0n) is 19.9. The zero-order valence-corrected chi connectivity index (χ0v) is 21.5. The van der Waals surface area contributed by atoms with E-state index in [0.717, 1.165) is 6.26 Å². The number of anilines is 1. The van der Waals surface area contributed by atoms with Crippen molar-refractivity contribution in [1.29, 1.82) is 0 Å². The van der Waals surface area contributed by atoms with Crippen molar-refractivity contribution >= 4 is 38.8 Å². The van der Waals surface area contributed by atoms with E-state index >= 15 is 0 Å². The standard InChI is InChI=1S/C24H25FN2O7S2/c1-4-33-23(29)12-17-14-35-22(26-17)13-18(28)11-15-10-16(27-36(3,30)31)8-9-20(15)34-24-19(25)6-5-7-21(24)32-2/h5-10,14,27H,4,11-13H2,1-3H3. The number of carbonyl (C=O) groups excluding carboxylic acids is 2. The van der Waals surface area contributed by atoms with Crippen molar-refractivity contribution in [2.75, 3.05) is 24.7 Å². The molecule has 1 heterocycles. The van der Waals surface area contributed by atoms with Crippen LogP contribution in [0.5, 0.6) is 17.2 Å². The Hall–Kier alpha value is -3.51. The van der Waals surface area contributed by atoms with E-state index in [0.29, 0.717) is 16.3 Å². The molecule has 0 bridgehead atoms. The highest BCUT2D eigenvalue weighted by molar-refractivity contribution is 7.92. The Morgan fingerprint density at radius 3 is 2.58 bits per heavy atom. The average molecular weight is 537 g/mol. The molecular formula is C24H25FN2O7S2. The van der Waals surface area contributed by atoms with Gasteiger partial charge in [-0.1, -0.05) is 6.07 Å². The van der Waals surface area contributed by atoms with E-state index in [1.165, 1.54) is 54.8 Å². The SMILES string of the molecule is CCOC(=O)Cc1csc(CC(=O)Cc2cc(NS(C)(=O)=O)ccc2Oc2c(F)cccc2OC)n1. The number of carbonyl (C=O) groups is 2. The largest absolute Gasteiger partial charge is 0.493 e. The lowest BCUT2D eigenvalue weighted by Gasteiger charge is -2.15. The molecule has 2 aromatic carbocycles. The first-order chi connectivity index (χ1) is 17.1. The molecule has 0 spiro atoms. The van der Waals surface area contributed by atoms with Crippen molar-refractivity contribution < 1.29 is 36.6 Å². The molecule has 1 N–H and O–H groups in total. The van der Waals surface area contributed by atoms with Gasteiger partial charge in [-0.05, 0) is 37.3 Å². The summed E-state index contributed by atoms with van der Waals surface area (Å²) < 4.78 is 56.0. The van der Waals surface area contributed by atoms with E-state index in [4.69, 9.17) is 14.2 Å². The number of nitrogens with one attached hydrogen (secondary N) is 1. The number of thiazole rings is 1. The minimum absolute atomic E-state index is 0.0141. The lowest BCUT2D eigenvalue weighted by Crippen LogP contribution is -2.12. The van der Waals surface area contributed by atoms with Gasteiger partial charge < -0.3 is 14.2 Å². The number of hydrogen-bond donors (Lipinski definition) is 1. The number of ether oxygens (including phenoxy) is 3. The van der Waals surface area contributed by atoms with Crippen LogP contribution in [-0.2, 0) is 43.6 Å². The van der Waals surface area contributed by atoms with Crippen LogP contribution in [0.2, 0.25) is 0 Å². The maximum Gasteiger partial charge on any atom is 0.311 e. The molecule has 0 radical (unpaired) electrons. The van der Waals surface area contributed by atoms with E-state index in [-0.39, 0.29) is 54.6 Å². The number of halogens is 1. The third-order valence-corrected chi connectivity index (χ3v) is 6.20. The van der Waals surface area contributed by atoms with Crippen LogP contribution in [0.4, 0.5) is 10.1 Å². The van der Waals surface area contributed by atoms with Crippen LogP contribution in [0.1, 0.15) is 23.2 Å². The van der Waals surface area contributed by atoms with Crippen LogP contribution in [0.15, 0.2) is 41.8 Å². The Morgan fingerprint density at radius 2 is 1.89 bits per heavy atom. The quantitative estimate of drug-likeness (QED) is 0.346. The van der Waals surface area contributed by atoms with Gasteiger partial charge in [0.15, 0.2) is 11.6 Å². The summed E-state index contributed by atoms with van der Waals surface area (Å²) in [7, 11) is -2.20. The summed E-state index contributed by atoms with van der Waals surface area (Å²) in [5.74, 6) is -1.16. The molecule has 3 aromatic rings. The van der Waals surface area contributed by atoms with Crippen molar-refractivity contribution in [3.63, 3.8) is 0 Å². The number of ketones is 1. The van der Waals surface area contributed by atoms with Gasteiger partial charge in [0.05, 0.1) is 38.5 Å². The maximum absolute atomic E-state index is 14.4. The molecule has 0 fully saturated rings. The molecule has 0 atom stereocenters. The van der Waals surface area contributed by atoms with Gasteiger partial charge in [0.2, 0.25) is 15.8 Å². The first kappa shape index (κ1) is 27.1. The number of nitrogens with zero attached hydrogens (tertiary/aromatic N) is 1. The fourth-order valence-electron chi connectivity index (χ4n) is 3.27. The highest BCUT2D eigenvalue weighted by Crippen LogP contribution is 2.36. The lowest BCUT2D eigenvalue weighted by atomic mass is 10.1. The minimum Gasteiger partial charge on any atom is -0.493 e. The molecule has 0 unspecified atom stereocenters. The molecule has 9 nitrogen and oxygen atoms in total. The number of hydrogen-bond acceptors (Lipinski definition) is 9. The Bertz CT molecular complexity index is 1360. The van der Waals surface area contributed by atoms with Crippen molar-refractivity contribution in [3.8, 4) is 17.2 Å². The number of para-hydroxylation sites is 1. The lowest BCUT2D eigenvalue weighted by molar-refractivity contribution is -0.142. The second-order valence-corrected chi connectivity index (χ2v) is 10.4. The van der Waals surface area contributed by atoms with Gasteiger partial charge >= 0.3 is 5.97 Å². The summed E-state index contributed by atoms with van der Waals surface area (Å²) in [6, 6.07) is 8.55. The molecule has 0 saturated heterocycles. The predicted octanol–water partition coefficient (Wildman–Crippen LogP) is 3.91. The second-order valence-electron chi connectivity index (χ2n) is 7.68. The Kier molecular flexibility index (Phi) is 8.99. The van der Waals surface area contributed by atoms with Gasteiger partial charge in [-0.25, -0.2) is 17.8 Å². The summed E-state index contributed by atoms with van der Waals surface area (Å²) in [5, 5.41) is 2.21. The molecule has 0 aliphatic heterocycles. The monoisotopic (exact) mass is 536 g/mol. The molecule has 0 saturated carbocycles. The fourth-order valence-corrected chi connectivity index (χ4v) is 4.65. The smallest absolute Gasteiger partial charge is 0.311 e. The van der Waals surface area contributed by atoms with Gasteiger partial charge in [-0.15, -0.1) is 11.3 Å². The zero-order chi connectivity index (χ0) is 26.3. The molecule has 0 aliphatic rings. The molecule has 192 valence electrons. The van der Waals surface area contributed by atoms with E-state index in [9.17, 15) is 22.4 Å². The number of benzene rings is 2. The Balaban J connectivity index is 1.83. The fraction of sp³-hybridized carbons (Fsp3) is 0.292. The third-order valence-electron chi connectivity index (χ3n) is 4.69. The molecule has 36 heavy (non-hydrogen) atoms.